The zero-order valence-corrected chi connectivity index (χ0v) is 18.0. The Balaban J connectivity index is 1.43. The molecule has 0 bridgehead atoms. The SMILES string of the molecule is CC(C)C(C(=O)Nc1ccc2c(ccn2CCN2CCOCC2)c1)N1CCCC1=O. The van der Waals surface area contributed by atoms with E-state index in [9.17, 15) is 9.59 Å². The lowest BCUT2D eigenvalue weighted by Crippen LogP contribution is -2.47. The minimum absolute atomic E-state index is 0.0667. The van der Waals surface area contributed by atoms with E-state index < -0.39 is 6.04 Å². The molecule has 2 aliphatic rings. The second-order valence-electron chi connectivity index (χ2n) is 8.61. The van der Waals surface area contributed by atoms with Gasteiger partial charge in [-0.25, -0.2) is 0 Å². The molecular weight excluding hydrogens is 380 g/mol. The Bertz CT molecular complexity index is 901. The first kappa shape index (κ1) is 20.9. The first-order valence-electron chi connectivity index (χ1n) is 11.0. The van der Waals surface area contributed by atoms with Crippen LogP contribution in [0.1, 0.15) is 26.7 Å². The van der Waals surface area contributed by atoms with Crippen LogP contribution >= 0.6 is 0 Å². The summed E-state index contributed by atoms with van der Waals surface area (Å²) >= 11 is 0. The Morgan fingerprint density at radius 2 is 1.93 bits per heavy atom. The van der Waals surface area contributed by atoms with Gasteiger partial charge in [0, 0.05) is 61.9 Å². The summed E-state index contributed by atoms with van der Waals surface area (Å²) in [6, 6.07) is 7.70. The first-order valence-corrected chi connectivity index (χ1v) is 11.0. The molecule has 2 saturated heterocycles. The number of likely N-dealkylation sites (tertiary alicyclic amines) is 1. The largest absolute Gasteiger partial charge is 0.379 e. The van der Waals surface area contributed by atoms with Crippen LogP contribution in [0.2, 0.25) is 0 Å². The number of aromatic nitrogens is 1. The highest BCUT2D eigenvalue weighted by Crippen LogP contribution is 2.24. The zero-order valence-electron chi connectivity index (χ0n) is 18.0. The molecule has 162 valence electrons. The van der Waals surface area contributed by atoms with Gasteiger partial charge < -0.3 is 19.5 Å². The average Bonchev–Trinajstić information content (AvgIpc) is 3.33. The zero-order chi connectivity index (χ0) is 21.1. The van der Waals surface area contributed by atoms with Crippen LogP contribution in [0.15, 0.2) is 30.5 Å². The van der Waals surface area contributed by atoms with Crippen LogP contribution in [-0.4, -0.2) is 71.6 Å². The number of anilines is 1. The molecule has 0 spiro atoms. The summed E-state index contributed by atoms with van der Waals surface area (Å²) in [6.45, 7) is 10.2. The van der Waals surface area contributed by atoms with Crippen molar-refractivity contribution >= 4 is 28.4 Å². The maximum Gasteiger partial charge on any atom is 0.247 e. The molecule has 2 aromatic rings. The predicted octanol–water partition coefficient (Wildman–Crippen LogP) is 2.56. The van der Waals surface area contributed by atoms with Gasteiger partial charge in [0.15, 0.2) is 0 Å². The summed E-state index contributed by atoms with van der Waals surface area (Å²) in [4.78, 5) is 29.3. The van der Waals surface area contributed by atoms with Gasteiger partial charge in [-0.15, -0.1) is 0 Å². The number of benzene rings is 1. The van der Waals surface area contributed by atoms with Crippen molar-refractivity contribution in [2.75, 3.05) is 44.7 Å². The number of hydrogen-bond donors (Lipinski definition) is 1. The van der Waals surface area contributed by atoms with Crippen LogP contribution in [0.25, 0.3) is 10.9 Å². The third kappa shape index (κ3) is 4.52. The number of amides is 2. The number of carbonyl (C=O) groups is 2. The first-order chi connectivity index (χ1) is 14.5. The maximum absolute atomic E-state index is 13.0. The van der Waals surface area contributed by atoms with Gasteiger partial charge in [0.25, 0.3) is 0 Å². The molecule has 2 fully saturated rings. The molecule has 2 aliphatic heterocycles. The van der Waals surface area contributed by atoms with Crippen molar-refractivity contribution in [2.45, 2.75) is 39.3 Å². The number of nitrogens with zero attached hydrogens (tertiary/aromatic N) is 3. The number of ether oxygens (including phenoxy) is 1. The Labute approximate surface area is 178 Å². The van der Waals surface area contributed by atoms with E-state index in [0.717, 1.165) is 62.4 Å². The molecule has 7 nitrogen and oxygen atoms in total. The number of fused-ring (bicyclic) bond motifs is 1. The van der Waals surface area contributed by atoms with Crippen molar-refractivity contribution in [3.8, 4) is 0 Å². The summed E-state index contributed by atoms with van der Waals surface area (Å²) in [6.07, 6.45) is 3.48. The fraction of sp³-hybridized carbons (Fsp3) is 0.565. The number of hydrogen-bond acceptors (Lipinski definition) is 4. The van der Waals surface area contributed by atoms with E-state index >= 15 is 0 Å². The van der Waals surface area contributed by atoms with Crippen molar-refractivity contribution < 1.29 is 14.3 Å². The van der Waals surface area contributed by atoms with Gasteiger partial charge in [-0.3, -0.25) is 14.5 Å². The molecule has 7 heteroatoms. The summed E-state index contributed by atoms with van der Waals surface area (Å²) in [5, 5.41) is 4.15. The second-order valence-corrected chi connectivity index (χ2v) is 8.61. The molecule has 1 aromatic carbocycles. The molecule has 1 unspecified atom stereocenters. The van der Waals surface area contributed by atoms with Crippen molar-refractivity contribution in [1.82, 2.24) is 14.4 Å². The minimum Gasteiger partial charge on any atom is -0.379 e. The molecule has 4 rings (SSSR count). The molecule has 1 N–H and O–H groups in total. The third-order valence-corrected chi connectivity index (χ3v) is 6.15. The molecule has 2 amide bonds. The lowest BCUT2D eigenvalue weighted by atomic mass is 10.0. The van der Waals surface area contributed by atoms with Crippen LogP contribution in [-0.2, 0) is 20.9 Å². The second kappa shape index (κ2) is 9.18. The fourth-order valence-corrected chi connectivity index (χ4v) is 4.53. The number of morpholine rings is 1. The number of carbonyl (C=O) groups excluding carboxylic acids is 2. The number of rotatable bonds is 7. The number of nitrogens with one attached hydrogen (secondary N) is 1. The van der Waals surface area contributed by atoms with Crippen molar-refractivity contribution in [3.63, 3.8) is 0 Å². The van der Waals surface area contributed by atoms with E-state index in [1.54, 1.807) is 4.90 Å². The highest BCUT2D eigenvalue weighted by Gasteiger charge is 2.34. The van der Waals surface area contributed by atoms with Crippen LogP contribution in [0.5, 0.6) is 0 Å². The summed E-state index contributed by atoms with van der Waals surface area (Å²) in [5.41, 5.74) is 1.94. The smallest absolute Gasteiger partial charge is 0.247 e. The van der Waals surface area contributed by atoms with Crippen LogP contribution in [0.3, 0.4) is 0 Å². The Morgan fingerprint density at radius 1 is 1.13 bits per heavy atom. The van der Waals surface area contributed by atoms with Crippen molar-refractivity contribution in [1.29, 1.82) is 0 Å². The van der Waals surface area contributed by atoms with Gasteiger partial charge in [0.1, 0.15) is 6.04 Å². The van der Waals surface area contributed by atoms with Gasteiger partial charge >= 0.3 is 0 Å². The van der Waals surface area contributed by atoms with Crippen LogP contribution < -0.4 is 5.32 Å². The average molecular weight is 413 g/mol. The van der Waals surface area contributed by atoms with E-state index in [0.29, 0.717) is 13.0 Å². The van der Waals surface area contributed by atoms with Crippen molar-refractivity contribution in [2.24, 2.45) is 5.92 Å². The molecule has 0 saturated carbocycles. The van der Waals surface area contributed by atoms with E-state index in [1.807, 2.05) is 26.0 Å². The Hall–Kier alpha value is -2.38. The molecule has 3 heterocycles. The molecule has 0 radical (unpaired) electrons. The van der Waals surface area contributed by atoms with Gasteiger partial charge in [-0.2, -0.15) is 0 Å². The lowest BCUT2D eigenvalue weighted by Gasteiger charge is -2.29. The molecular formula is C23H32N4O3. The maximum atomic E-state index is 13.0. The Kier molecular flexibility index (Phi) is 6.39. The molecule has 1 atom stereocenters. The third-order valence-electron chi connectivity index (χ3n) is 6.15. The van der Waals surface area contributed by atoms with Crippen LogP contribution in [0, 0.1) is 5.92 Å². The highest BCUT2D eigenvalue weighted by atomic mass is 16.5. The van der Waals surface area contributed by atoms with Gasteiger partial charge in [-0.1, -0.05) is 13.8 Å². The highest BCUT2D eigenvalue weighted by molar-refractivity contribution is 5.99. The molecule has 0 aliphatic carbocycles. The fourth-order valence-electron chi connectivity index (χ4n) is 4.53. The van der Waals surface area contributed by atoms with E-state index in [1.165, 1.54) is 0 Å². The van der Waals surface area contributed by atoms with Gasteiger partial charge in [0.05, 0.1) is 13.2 Å². The summed E-state index contributed by atoms with van der Waals surface area (Å²) in [7, 11) is 0. The van der Waals surface area contributed by atoms with E-state index in [4.69, 9.17) is 4.74 Å². The minimum atomic E-state index is -0.422. The summed E-state index contributed by atoms with van der Waals surface area (Å²) < 4.78 is 7.68. The predicted molar refractivity (Wildman–Crippen MR) is 117 cm³/mol. The van der Waals surface area contributed by atoms with Crippen molar-refractivity contribution in [3.05, 3.63) is 30.5 Å². The van der Waals surface area contributed by atoms with E-state index in [2.05, 4.69) is 33.1 Å². The van der Waals surface area contributed by atoms with Gasteiger partial charge in [0.2, 0.25) is 11.8 Å². The van der Waals surface area contributed by atoms with E-state index in [-0.39, 0.29) is 17.7 Å². The quantitative estimate of drug-likeness (QED) is 0.759. The normalized spacial score (nSPS) is 19.0. The van der Waals surface area contributed by atoms with Crippen LogP contribution in [0.4, 0.5) is 5.69 Å². The standard InChI is InChI=1S/C23H32N4O3/c1-17(2)22(27-8-3-4-21(27)28)23(29)24-19-5-6-20-18(16-19)7-9-26(20)11-10-25-12-14-30-15-13-25/h5-7,9,16-17,22H,3-4,8,10-15H2,1-2H3,(H,24,29). The van der Waals surface area contributed by atoms with Gasteiger partial charge in [-0.05, 0) is 36.6 Å². The molecule has 1 aromatic heterocycles. The monoisotopic (exact) mass is 412 g/mol. The Morgan fingerprint density at radius 3 is 2.63 bits per heavy atom. The summed E-state index contributed by atoms with van der Waals surface area (Å²) in [5.74, 6) is 0.0417. The lowest BCUT2D eigenvalue weighted by molar-refractivity contribution is -0.136. The molecule has 30 heavy (non-hydrogen) atoms. The topological polar surface area (TPSA) is 66.8 Å².